The van der Waals surface area contributed by atoms with Crippen molar-refractivity contribution in [2.24, 2.45) is 5.92 Å². The molecule has 0 fully saturated rings. The number of hydrogen-bond donors (Lipinski definition) is 0. The van der Waals surface area contributed by atoms with Crippen molar-refractivity contribution >= 4 is 17.7 Å². The van der Waals surface area contributed by atoms with Gasteiger partial charge in [-0.05, 0) is 32.4 Å². The van der Waals surface area contributed by atoms with Crippen molar-refractivity contribution in [3.05, 3.63) is 29.6 Å². The smallest absolute Gasteiger partial charge is 0.328 e. The number of carbonyl (C=O) groups is 3. The fourth-order valence-electron chi connectivity index (χ4n) is 1.67. The van der Waals surface area contributed by atoms with Crippen molar-refractivity contribution in [3.8, 4) is 0 Å². The van der Waals surface area contributed by atoms with Gasteiger partial charge in [-0.15, -0.1) is 0 Å². The molecule has 0 saturated carbocycles. The molecule has 0 unspecified atom stereocenters. The molecule has 0 radical (unpaired) electrons. The third-order valence-electron chi connectivity index (χ3n) is 2.59. The van der Waals surface area contributed by atoms with Crippen LogP contribution in [-0.4, -0.2) is 35.9 Å². The molecule has 1 heterocycles. The van der Waals surface area contributed by atoms with Crippen LogP contribution in [0.5, 0.6) is 0 Å². The molecular formula is C14H17NO5. The lowest BCUT2D eigenvalue weighted by Crippen LogP contribution is -2.35. The lowest BCUT2D eigenvalue weighted by molar-refractivity contribution is -0.158. The van der Waals surface area contributed by atoms with Crippen LogP contribution >= 0.6 is 0 Å². The molecule has 0 saturated heterocycles. The lowest BCUT2D eigenvalue weighted by Gasteiger charge is -2.14. The van der Waals surface area contributed by atoms with E-state index in [4.69, 9.17) is 9.47 Å². The van der Waals surface area contributed by atoms with E-state index in [9.17, 15) is 14.4 Å². The normalized spacial score (nSPS) is 10.2. The second kappa shape index (κ2) is 7.37. The van der Waals surface area contributed by atoms with Crippen LogP contribution in [0.25, 0.3) is 0 Å². The third-order valence-corrected chi connectivity index (χ3v) is 2.59. The average Bonchev–Trinajstić information content (AvgIpc) is 2.40. The highest BCUT2D eigenvalue weighted by Crippen LogP contribution is 2.15. The molecule has 6 heteroatoms. The van der Waals surface area contributed by atoms with Crippen LogP contribution in [0, 0.1) is 12.8 Å². The number of aromatic nitrogens is 1. The maximum Gasteiger partial charge on any atom is 0.328 e. The number of carbonyl (C=O) groups excluding carboxylic acids is 3. The van der Waals surface area contributed by atoms with Gasteiger partial charge in [-0.3, -0.25) is 19.4 Å². The Hall–Kier alpha value is -2.24. The molecule has 6 nitrogen and oxygen atoms in total. The van der Waals surface area contributed by atoms with Gasteiger partial charge in [-0.25, -0.2) is 0 Å². The number of pyridine rings is 1. The van der Waals surface area contributed by atoms with Gasteiger partial charge in [0.15, 0.2) is 5.78 Å². The molecule has 20 heavy (non-hydrogen) atoms. The largest absolute Gasteiger partial charge is 0.465 e. The Labute approximate surface area is 117 Å². The molecule has 0 aliphatic carbocycles. The predicted octanol–water partition coefficient (Wildman–Crippen LogP) is 1.32. The summed E-state index contributed by atoms with van der Waals surface area (Å²) in [5.74, 6) is -4.02. The van der Waals surface area contributed by atoms with E-state index in [1.54, 1.807) is 20.8 Å². The maximum atomic E-state index is 12.4. The molecule has 0 bridgehead atoms. The number of ketones is 1. The summed E-state index contributed by atoms with van der Waals surface area (Å²) in [6.45, 7) is 5.03. The molecule has 0 aromatic carbocycles. The fraction of sp³-hybridized carbons (Fsp3) is 0.429. The van der Waals surface area contributed by atoms with E-state index >= 15 is 0 Å². The van der Waals surface area contributed by atoms with E-state index in [0.29, 0.717) is 5.56 Å². The van der Waals surface area contributed by atoms with Crippen molar-refractivity contribution in [1.29, 1.82) is 0 Å². The molecule has 0 aliphatic heterocycles. The molecule has 1 aromatic rings. The summed E-state index contributed by atoms with van der Waals surface area (Å²) in [5.41, 5.74) is 0.835. The number of Topliss-reactive ketones (excluding diaryl/α,β-unsaturated/α-hetero) is 1. The molecule has 0 aliphatic rings. The van der Waals surface area contributed by atoms with E-state index < -0.39 is 23.6 Å². The van der Waals surface area contributed by atoms with Crippen LogP contribution in [-0.2, 0) is 19.1 Å². The van der Waals surface area contributed by atoms with Gasteiger partial charge in [0.25, 0.3) is 0 Å². The van der Waals surface area contributed by atoms with Gasteiger partial charge in [0.05, 0.1) is 13.2 Å². The van der Waals surface area contributed by atoms with Gasteiger partial charge < -0.3 is 9.47 Å². The Balaban J connectivity index is 3.10. The van der Waals surface area contributed by atoms with Crippen molar-refractivity contribution < 1.29 is 23.9 Å². The number of hydrogen-bond acceptors (Lipinski definition) is 6. The second-order valence-electron chi connectivity index (χ2n) is 3.99. The number of nitrogens with zero attached hydrogens (tertiary/aromatic N) is 1. The maximum absolute atomic E-state index is 12.4. The average molecular weight is 279 g/mol. The lowest BCUT2D eigenvalue weighted by atomic mass is 9.95. The van der Waals surface area contributed by atoms with Gasteiger partial charge in [0, 0.05) is 18.0 Å². The minimum absolute atomic E-state index is 0.0807. The monoisotopic (exact) mass is 279 g/mol. The zero-order chi connectivity index (χ0) is 15.1. The molecule has 0 amide bonds. The van der Waals surface area contributed by atoms with Crippen molar-refractivity contribution in [1.82, 2.24) is 4.98 Å². The molecule has 0 N–H and O–H groups in total. The summed E-state index contributed by atoms with van der Waals surface area (Å²) in [6.07, 6.45) is 2.91. The zero-order valence-electron chi connectivity index (χ0n) is 11.7. The summed E-state index contributed by atoms with van der Waals surface area (Å²) in [6, 6.07) is 1.46. The Bertz CT molecular complexity index is 494. The Morgan fingerprint density at radius 1 is 1.15 bits per heavy atom. The standard InChI is InChI=1S/C14H17NO5/c1-4-19-13(17)11(14(18)20-5-2)12(16)10-6-7-15-8-9(10)3/h6-8,11H,4-5H2,1-3H3. The quantitative estimate of drug-likeness (QED) is 0.443. The summed E-state index contributed by atoms with van der Waals surface area (Å²) < 4.78 is 9.56. The van der Waals surface area contributed by atoms with Crippen LogP contribution in [0.4, 0.5) is 0 Å². The minimum Gasteiger partial charge on any atom is -0.465 e. The molecule has 108 valence electrons. The number of esters is 2. The van der Waals surface area contributed by atoms with Crippen LogP contribution < -0.4 is 0 Å². The first-order chi connectivity index (χ1) is 9.52. The molecule has 1 rings (SSSR count). The van der Waals surface area contributed by atoms with Gasteiger partial charge in [0.2, 0.25) is 5.92 Å². The van der Waals surface area contributed by atoms with Crippen molar-refractivity contribution in [3.63, 3.8) is 0 Å². The van der Waals surface area contributed by atoms with E-state index in [1.807, 2.05) is 0 Å². The van der Waals surface area contributed by atoms with E-state index in [-0.39, 0.29) is 18.8 Å². The highest BCUT2D eigenvalue weighted by Gasteiger charge is 2.37. The van der Waals surface area contributed by atoms with Gasteiger partial charge in [-0.1, -0.05) is 0 Å². The second-order valence-corrected chi connectivity index (χ2v) is 3.99. The number of aryl methyl sites for hydroxylation is 1. The van der Waals surface area contributed by atoms with Crippen molar-refractivity contribution in [2.45, 2.75) is 20.8 Å². The van der Waals surface area contributed by atoms with Crippen LogP contribution in [0.1, 0.15) is 29.8 Å². The fourth-order valence-corrected chi connectivity index (χ4v) is 1.67. The predicted molar refractivity (Wildman–Crippen MR) is 70.1 cm³/mol. The third kappa shape index (κ3) is 3.63. The highest BCUT2D eigenvalue weighted by molar-refractivity contribution is 6.21. The summed E-state index contributed by atoms with van der Waals surface area (Å²) in [7, 11) is 0. The zero-order valence-corrected chi connectivity index (χ0v) is 11.7. The Morgan fingerprint density at radius 3 is 2.15 bits per heavy atom. The number of rotatable bonds is 6. The highest BCUT2D eigenvalue weighted by atomic mass is 16.6. The summed E-state index contributed by atoms with van der Waals surface area (Å²) >= 11 is 0. The SMILES string of the molecule is CCOC(=O)C(C(=O)OCC)C(=O)c1ccncc1C. The molecule has 0 atom stereocenters. The topological polar surface area (TPSA) is 82.6 Å². The van der Waals surface area contributed by atoms with Gasteiger partial charge in [0.1, 0.15) is 0 Å². The Kier molecular flexibility index (Phi) is 5.83. The Morgan fingerprint density at radius 2 is 1.70 bits per heavy atom. The van der Waals surface area contributed by atoms with Crippen LogP contribution in [0.15, 0.2) is 18.5 Å². The van der Waals surface area contributed by atoms with E-state index in [2.05, 4.69) is 4.98 Å². The first-order valence-corrected chi connectivity index (χ1v) is 6.31. The first-order valence-electron chi connectivity index (χ1n) is 6.31. The summed E-state index contributed by atoms with van der Waals surface area (Å²) in [5, 5.41) is 0. The van der Waals surface area contributed by atoms with Gasteiger partial charge >= 0.3 is 11.9 Å². The first kappa shape index (κ1) is 15.8. The van der Waals surface area contributed by atoms with Crippen molar-refractivity contribution in [2.75, 3.05) is 13.2 Å². The van der Waals surface area contributed by atoms with Gasteiger partial charge in [-0.2, -0.15) is 0 Å². The number of ether oxygens (including phenoxy) is 2. The molecule has 1 aromatic heterocycles. The van der Waals surface area contributed by atoms with Crippen LogP contribution in [0.2, 0.25) is 0 Å². The van der Waals surface area contributed by atoms with E-state index in [0.717, 1.165) is 0 Å². The van der Waals surface area contributed by atoms with E-state index in [1.165, 1.54) is 18.5 Å². The molecule has 0 spiro atoms. The summed E-state index contributed by atoms with van der Waals surface area (Å²) in [4.78, 5) is 39.9. The van der Waals surface area contributed by atoms with Crippen LogP contribution in [0.3, 0.4) is 0 Å². The minimum atomic E-state index is -1.59. The molecular weight excluding hydrogens is 262 g/mol.